The molecule has 1 aliphatic heterocycles. The van der Waals surface area contributed by atoms with Crippen molar-refractivity contribution in [3.63, 3.8) is 0 Å². The third-order valence-corrected chi connectivity index (χ3v) is 5.07. The van der Waals surface area contributed by atoms with Gasteiger partial charge in [0.1, 0.15) is 0 Å². The van der Waals surface area contributed by atoms with E-state index in [1.807, 2.05) is 0 Å². The number of phenols is 1. The molecule has 0 saturated heterocycles. The van der Waals surface area contributed by atoms with E-state index in [1.165, 1.54) is 26.3 Å². The van der Waals surface area contributed by atoms with Crippen molar-refractivity contribution in [2.24, 2.45) is 0 Å². The monoisotopic (exact) mass is 443 g/mol. The number of anilines is 3. The number of ketones is 1. The molecule has 33 heavy (non-hydrogen) atoms. The fraction of sp³-hybridized carbons (Fsp3) is 0.0800. The number of methoxy groups -OCH3 is 1. The number of aromatic hydroxyl groups is 1. The number of amides is 2. The normalized spacial score (nSPS) is 13.3. The van der Waals surface area contributed by atoms with Crippen LogP contribution in [-0.4, -0.2) is 29.8 Å². The first kappa shape index (κ1) is 21.6. The Bertz CT molecular complexity index is 1310. The molecule has 3 aromatic carbocycles. The van der Waals surface area contributed by atoms with Gasteiger partial charge in [-0.05, 0) is 42.5 Å². The highest BCUT2D eigenvalue weighted by atomic mass is 16.5. The summed E-state index contributed by atoms with van der Waals surface area (Å²) in [5.74, 6) is -0.479. The fourth-order valence-corrected chi connectivity index (χ4v) is 3.52. The predicted octanol–water partition coefficient (Wildman–Crippen LogP) is 4.00. The van der Waals surface area contributed by atoms with Crippen molar-refractivity contribution >= 4 is 40.2 Å². The van der Waals surface area contributed by atoms with Gasteiger partial charge in [0.05, 0.1) is 12.7 Å². The van der Waals surface area contributed by atoms with E-state index in [0.717, 1.165) is 0 Å². The fourth-order valence-electron chi connectivity index (χ4n) is 3.52. The first-order valence-electron chi connectivity index (χ1n) is 10.1. The minimum Gasteiger partial charge on any atom is -0.504 e. The summed E-state index contributed by atoms with van der Waals surface area (Å²) in [5, 5.41) is 18.4. The predicted molar refractivity (Wildman–Crippen MR) is 126 cm³/mol. The lowest BCUT2D eigenvalue weighted by Gasteiger charge is -2.08. The molecule has 0 spiro atoms. The van der Waals surface area contributed by atoms with Crippen LogP contribution in [0.25, 0.3) is 5.57 Å². The number of carbonyl (C=O) groups excluding carboxylic acids is 3. The zero-order chi connectivity index (χ0) is 23.5. The molecule has 1 aliphatic rings. The maximum atomic E-state index is 13.1. The lowest BCUT2D eigenvalue weighted by atomic mass is 9.98. The van der Waals surface area contributed by atoms with Crippen molar-refractivity contribution in [3.05, 3.63) is 83.6 Å². The molecule has 8 nitrogen and oxygen atoms in total. The molecule has 0 fully saturated rings. The van der Waals surface area contributed by atoms with E-state index in [2.05, 4.69) is 16.0 Å². The van der Waals surface area contributed by atoms with Crippen LogP contribution in [0, 0.1) is 0 Å². The summed E-state index contributed by atoms with van der Waals surface area (Å²) in [7, 11) is 1.46. The summed E-state index contributed by atoms with van der Waals surface area (Å²) in [4.78, 5) is 36.9. The minimum absolute atomic E-state index is 0.0356. The van der Waals surface area contributed by atoms with Gasteiger partial charge in [0.2, 0.25) is 5.91 Å². The number of carbonyl (C=O) groups is 3. The quantitative estimate of drug-likeness (QED) is 0.338. The van der Waals surface area contributed by atoms with Gasteiger partial charge in [-0.15, -0.1) is 0 Å². The summed E-state index contributed by atoms with van der Waals surface area (Å²) in [6.45, 7) is 1.40. The number of phenolic OH excluding ortho intramolecular Hbond substituents is 1. The highest BCUT2D eigenvalue weighted by molar-refractivity contribution is 6.32. The third kappa shape index (κ3) is 4.54. The molecule has 4 N–H and O–H groups in total. The molecule has 166 valence electrons. The Morgan fingerprint density at radius 1 is 1.00 bits per heavy atom. The van der Waals surface area contributed by atoms with E-state index in [4.69, 9.17) is 4.74 Å². The molecule has 0 radical (unpaired) electrons. The van der Waals surface area contributed by atoms with Gasteiger partial charge in [0.15, 0.2) is 17.3 Å². The van der Waals surface area contributed by atoms with Gasteiger partial charge in [-0.25, -0.2) is 0 Å². The summed E-state index contributed by atoms with van der Waals surface area (Å²) < 4.78 is 5.03. The first-order chi connectivity index (χ1) is 15.9. The molecular weight excluding hydrogens is 422 g/mol. The van der Waals surface area contributed by atoms with E-state index in [9.17, 15) is 19.5 Å². The molecule has 3 aromatic rings. The second kappa shape index (κ2) is 8.88. The first-order valence-corrected chi connectivity index (χ1v) is 10.1. The third-order valence-electron chi connectivity index (χ3n) is 5.07. The smallest absolute Gasteiger partial charge is 0.257 e. The number of fused-ring (bicyclic) bond motifs is 1. The number of hydrogen-bond acceptors (Lipinski definition) is 6. The Labute approximate surface area is 189 Å². The molecule has 1 heterocycles. The SMILES string of the molecule is COc1ccc(NC=C2C(=O)Nc3ccc(C(=O)c4cccc(NC(C)=O)c4)cc32)cc1O. The van der Waals surface area contributed by atoms with Crippen LogP contribution in [0.4, 0.5) is 17.1 Å². The van der Waals surface area contributed by atoms with Gasteiger partial charge in [-0.3, -0.25) is 14.4 Å². The highest BCUT2D eigenvalue weighted by Crippen LogP contribution is 2.34. The van der Waals surface area contributed by atoms with Crippen molar-refractivity contribution < 1.29 is 24.2 Å². The maximum Gasteiger partial charge on any atom is 0.257 e. The Kier molecular flexibility index (Phi) is 5.82. The molecule has 0 atom stereocenters. The van der Waals surface area contributed by atoms with Crippen LogP contribution < -0.4 is 20.7 Å². The van der Waals surface area contributed by atoms with Gasteiger partial charge in [-0.1, -0.05) is 12.1 Å². The van der Waals surface area contributed by atoms with E-state index < -0.39 is 0 Å². The minimum atomic E-state index is -0.313. The van der Waals surface area contributed by atoms with Gasteiger partial charge < -0.3 is 25.8 Å². The topological polar surface area (TPSA) is 117 Å². The van der Waals surface area contributed by atoms with Crippen LogP contribution in [0.1, 0.15) is 28.4 Å². The van der Waals surface area contributed by atoms with Crippen molar-refractivity contribution in [1.82, 2.24) is 0 Å². The van der Waals surface area contributed by atoms with E-state index in [0.29, 0.717) is 45.1 Å². The van der Waals surface area contributed by atoms with E-state index in [-0.39, 0.29) is 23.3 Å². The molecule has 4 rings (SSSR count). The molecule has 0 aliphatic carbocycles. The van der Waals surface area contributed by atoms with E-state index in [1.54, 1.807) is 54.6 Å². The number of benzene rings is 3. The van der Waals surface area contributed by atoms with Crippen LogP contribution in [0.15, 0.2) is 66.9 Å². The Hall–Kier alpha value is -4.59. The summed E-state index contributed by atoms with van der Waals surface area (Å²) >= 11 is 0. The number of ether oxygens (including phenoxy) is 1. The van der Waals surface area contributed by atoms with Gasteiger partial charge >= 0.3 is 0 Å². The van der Waals surface area contributed by atoms with Crippen LogP contribution >= 0.6 is 0 Å². The van der Waals surface area contributed by atoms with E-state index >= 15 is 0 Å². The second-order valence-corrected chi connectivity index (χ2v) is 7.39. The second-order valence-electron chi connectivity index (χ2n) is 7.39. The molecular formula is C25H21N3O5. The molecule has 2 amide bonds. The number of rotatable bonds is 6. The van der Waals surface area contributed by atoms with Crippen molar-refractivity contribution in [3.8, 4) is 11.5 Å². The zero-order valence-electron chi connectivity index (χ0n) is 17.9. The molecule has 8 heteroatoms. The number of nitrogens with one attached hydrogen (secondary N) is 3. The molecule has 0 unspecified atom stereocenters. The Balaban J connectivity index is 1.62. The summed E-state index contributed by atoms with van der Waals surface area (Å²) in [5.41, 5.74) is 3.42. The number of hydrogen-bond donors (Lipinski definition) is 4. The maximum absolute atomic E-state index is 13.1. The lowest BCUT2D eigenvalue weighted by Crippen LogP contribution is -2.07. The average molecular weight is 443 g/mol. The average Bonchev–Trinajstić information content (AvgIpc) is 3.11. The molecule has 0 saturated carbocycles. The van der Waals surface area contributed by atoms with Gasteiger partial charge in [-0.2, -0.15) is 0 Å². The molecule has 0 aromatic heterocycles. The standard InChI is InChI=1S/C25H21N3O5/c1-14(29)27-18-5-3-4-15(10-18)24(31)16-6-8-21-19(11-16)20(25(32)28-21)13-26-17-7-9-23(33-2)22(30)12-17/h3-13,26,30H,1-2H3,(H,27,29)(H,28,32). The van der Waals surface area contributed by atoms with Crippen molar-refractivity contribution in [2.75, 3.05) is 23.1 Å². The molecule has 0 bridgehead atoms. The Morgan fingerprint density at radius 3 is 2.52 bits per heavy atom. The van der Waals surface area contributed by atoms with Crippen LogP contribution in [0.2, 0.25) is 0 Å². The van der Waals surface area contributed by atoms with Crippen molar-refractivity contribution in [2.45, 2.75) is 6.92 Å². The summed E-state index contributed by atoms with van der Waals surface area (Å²) in [6, 6.07) is 16.4. The zero-order valence-corrected chi connectivity index (χ0v) is 17.9. The van der Waals surface area contributed by atoms with Crippen LogP contribution in [0.5, 0.6) is 11.5 Å². The Morgan fingerprint density at radius 2 is 1.79 bits per heavy atom. The van der Waals surface area contributed by atoms with Gasteiger partial charge in [0.25, 0.3) is 5.91 Å². The van der Waals surface area contributed by atoms with Crippen LogP contribution in [0.3, 0.4) is 0 Å². The van der Waals surface area contributed by atoms with Crippen molar-refractivity contribution in [1.29, 1.82) is 0 Å². The van der Waals surface area contributed by atoms with Crippen LogP contribution in [-0.2, 0) is 9.59 Å². The lowest BCUT2D eigenvalue weighted by molar-refractivity contribution is -0.114. The highest BCUT2D eigenvalue weighted by Gasteiger charge is 2.25. The summed E-state index contributed by atoms with van der Waals surface area (Å²) in [6.07, 6.45) is 1.52. The largest absolute Gasteiger partial charge is 0.504 e. The van der Waals surface area contributed by atoms with Gasteiger partial charge in [0, 0.05) is 52.9 Å².